The van der Waals surface area contributed by atoms with Crippen LogP contribution in [0, 0.1) is 12.7 Å². The maximum atomic E-state index is 14.0. The predicted octanol–water partition coefficient (Wildman–Crippen LogP) is 2.51. The van der Waals surface area contributed by atoms with Crippen LogP contribution in [0.15, 0.2) is 36.4 Å². The maximum Gasteiger partial charge on any atom is 0.434 e. The van der Waals surface area contributed by atoms with Crippen LogP contribution in [0.25, 0.3) is 11.3 Å². The third kappa shape index (κ3) is 4.56. The summed E-state index contributed by atoms with van der Waals surface area (Å²) in [4.78, 5) is 48.7. The Morgan fingerprint density at radius 3 is 2.35 bits per heavy atom. The molecule has 9 heteroatoms. The summed E-state index contributed by atoms with van der Waals surface area (Å²) in [6.07, 6.45) is -0.540. The number of rotatable bonds is 4. The van der Waals surface area contributed by atoms with Gasteiger partial charge in [-0.2, -0.15) is 0 Å². The fourth-order valence-corrected chi connectivity index (χ4v) is 3.70. The number of imide groups is 1. The number of hydroxylamine groups is 2. The lowest BCUT2D eigenvalue weighted by molar-refractivity contribution is -0.174. The Hall–Kier alpha value is -3.33. The van der Waals surface area contributed by atoms with E-state index in [1.54, 1.807) is 18.2 Å². The summed E-state index contributed by atoms with van der Waals surface area (Å²) in [5.41, 5.74) is 2.93. The van der Waals surface area contributed by atoms with Crippen molar-refractivity contribution in [2.24, 2.45) is 0 Å². The average Bonchev–Trinajstić information content (AvgIpc) is 3.08. The standard InChI is InChI=1S/C22H23FN4O4/c1-15-16(6-7-19(24-15)17-4-2-3-5-18(17)23)14-25-10-12-26(13-11-25)22(30)31-27-20(28)8-9-21(27)29/h2-7H,8-14H2,1H3. The summed E-state index contributed by atoms with van der Waals surface area (Å²) >= 11 is 0. The van der Waals surface area contributed by atoms with Crippen molar-refractivity contribution in [3.8, 4) is 11.3 Å². The number of piperazine rings is 1. The van der Waals surface area contributed by atoms with E-state index in [9.17, 15) is 18.8 Å². The lowest BCUT2D eigenvalue weighted by Gasteiger charge is -2.34. The molecule has 1 aromatic heterocycles. The van der Waals surface area contributed by atoms with E-state index in [1.807, 2.05) is 19.1 Å². The molecule has 0 aliphatic carbocycles. The van der Waals surface area contributed by atoms with E-state index in [0.717, 1.165) is 11.3 Å². The second-order valence-corrected chi connectivity index (χ2v) is 7.62. The number of aryl methyl sites for hydroxylation is 1. The molecule has 8 nitrogen and oxygen atoms in total. The van der Waals surface area contributed by atoms with Gasteiger partial charge in [-0.1, -0.05) is 18.2 Å². The molecule has 2 fully saturated rings. The highest BCUT2D eigenvalue weighted by Gasteiger charge is 2.34. The fourth-order valence-electron chi connectivity index (χ4n) is 3.70. The van der Waals surface area contributed by atoms with Crippen LogP contribution in [0.2, 0.25) is 0 Å². The molecule has 1 aromatic carbocycles. The second-order valence-electron chi connectivity index (χ2n) is 7.62. The molecular weight excluding hydrogens is 403 g/mol. The first-order valence-corrected chi connectivity index (χ1v) is 10.2. The Morgan fingerprint density at radius 2 is 1.71 bits per heavy atom. The molecule has 2 saturated heterocycles. The first kappa shape index (κ1) is 20.9. The van der Waals surface area contributed by atoms with Gasteiger partial charge in [0.15, 0.2) is 0 Å². The quantitative estimate of drug-likeness (QED) is 0.699. The first-order valence-electron chi connectivity index (χ1n) is 10.2. The van der Waals surface area contributed by atoms with Crippen LogP contribution in [-0.2, 0) is 21.0 Å². The molecule has 0 saturated carbocycles. The number of hydrogen-bond donors (Lipinski definition) is 0. The average molecular weight is 426 g/mol. The van der Waals surface area contributed by atoms with Crippen LogP contribution in [0.3, 0.4) is 0 Å². The number of aromatic nitrogens is 1. The normalized spacial score (nSPS) is 17.4. The summed E-state index contributed by atoms with van der Waals surface area (Å²) in [6.45, 7) is 4.64. The molecule has 3 amide bonds. The van der Waals surface area contributed by atoms with Gasteiger partial charge < -0.3 is 9.74 Å². The highest BCUT2D eigenvalue weighted by atomic mass is 19.1. The smallest absolute Gasteiger partial charge is 0.311 e. The number of halogens is 1. The molecule has 0 spiro atoms. The van der Waals surface area contributed by atoms with E-state index in [0.29, 0.717) is 49.0 Å². The highest BCUT2D eigenvalue weighted by molar-refractivity contribution is 6.01. The molecule has 0 radical (unpaired) electrons. The van der Waals surface area contributed by atoms with Gasteiger partial charge in [0.05, 0.1) is 5.69 Å². The number of benzene rings is 1. The van der Waals surface area contributed by atoms with Crippen molar-refractivity contribution in [2.45, 2.75) is 26.3 Å². The van der Waals surface area contributed by atoms with Gasteiger partial charge >= 0.3 is 6.09 Å². The molecule has 2 aliphatic rings. The third-order valence-electron chi connectivity index (χ3n) is 5.54. The molecule has 0 unspecified atom stereocenters. The fraction of sp³-hybridized carbons (Fsp3) is 0.364. The minimum absolute atomic E-state index is 0.0724. The lowest BCUT2D eigenvalue weighted by Crippen LogP contribution is -2.50. The Bertz CT molecular complexity index is 1000. The van der Waals surface area contributed by atoms with E-state index in [4.69, 9.17) is 4.84 Å². The summed E-state index contributed by atoms with van der Waals surface area (Å²) in [5.74, 6) is -1.28. The van der Waals surface area contributed by atoms with Gasteiger partial charge in [-0.05, 0) is 30.7 Å². The molecular formula is C22H23FN4O4. The zero-order chi connectivity index (χ0) is 22.0. The Balaban J connectivity index is 1.33. The first-order chi connectivity index (χ1) is 14.9. The van der Waals surface area contributed by atoms with E-state index in [1.165, 1.54) is 11.0 Å². The van der Waals surface area contributed by atoms with Gasteiger partial charge in [0, 0.05) is 56.8 Å². The topological polar surface area (TPSA) is 83.1 Å². The molecule has 0 atom stereocenters. The van der Waals surface area contributed by atoms with Crippen LogP contribution in [0.4, 0.5) is 9.18 Å². The highest BCUT2D eigenvalue weighted by Crippen LogP contribution is 2.23. The number of carbonyl (C=O) groups is 3. The van der Waals surface area contributed by atoms with Gasteiger partial charge in [-0.25, -0.2) is 9.18 Å². The van der Waals surface area contributed by atoms with Gasteiger partial charge in [-0.15, -0.1) is 5.06 Å². The SMILES string of the molecule is Cc1nc(-c2ccccc2F)ccc1CN1CCN(C(=O)ON2C(=O)CCC2=O)CC1. The maximum absolute atomic E-state index is 14.0. The zero-order valence-corrected chi connectivity index (χ0v) is 17.2. The van der Waals surface area contributed by atoms with Crippen LogP contribution in [0.5, 0.6) is 0 Å². The van der Waals surface area contributed by atoms with Crippen LogP contribution < -0.4 is 0 Å². The molecule has 31 heavy (non-hydrogen) atoms. The van der Waals surface area contributed by atoms with E-state index >= 15 is 0 Å². The Labute approximate surface area is 179 Å². The lowest BCUT2D eigenvalue weighted by atomic mass is 10.1. The third-order valence-corrected chi connectivity index (χ3v) is 5.54. The predicted molar refractivity (Wildman–Crippen MR) is 109 cm³/mol. The molecule has 0 bridgehead atoms. The zero-order valence-electron chi connectivity index (χ0n) is 17.2. The monoisotopic (exact) mass is 426 g/mol. The van der Waals surface area contributed by atoms with Crippen LogP contribution in [-0.4, -0.2) is 63.9 Å². The van der Waals surface area contributed by atoms with Crippen molar-refractivity contribution >= 4 is 17.9 Å². The number of carbonyl (C=O) groups excluding carboxylic acids is 3. The summed E-state index contributed by atoms with van der Waals surface area (Å²) in [7, 11) is 0. The molecule has 0 N–H and O–H groups in total. The second kappa shape index (κ2) is 8.81. The van der Waals surface area contributed by atoms with Crippen molar-refractivity contribution in [2.75, 3.05) is 26.2 Å². The minimum atomic E-state index is -0.685. The van der Waals surface area contributed by atoms with Crippen LogP contribution >= 0.6 is 0 Å². The number of nitrogens with zero attached hydrogens (tertiary/aromatic N) is 4. The summed E-state index contributed by atoms with van der Waals surface area (Å²) < 4.78 is 14.0. The van der Waals surface area contributed by atoms with Gasteiger partial charge in [0.25, 0.3) is 11.8 Å². The van der Waals surface area contributed by atoms with Crippen molar-refractivity contribution in [3.63, 3.8) is 0 Å². The summed E-state index contributed by atoms with van der Waals surface area (Å²) in [5, 5.41) is 0.570. The van der Waals surface area contributed by atoms with Crippen molar-refractivity contribution in [1.29, 1.82) is 0 Å². The molecule has 4 rings (SSSR count). The van der Waals surface area contributed by atoms with Crippen LogP contribution in [0.1, 0.15) is 24.1 Å². The number of pyridine rings is 1. The summed E-state index contributed by atoms with van der Waals surface area (Å²) in [6, 6.07) is 10.3. The molecule has 162 valence electrons. The minimum Gasteiger partial charge on any atom is -0.311 e. The largest absolute Gasteiger partial charge is 0.434 e. The van der Waals surface area contributed by atoms with Crippen molar-refractivity contribution < 1.29 is 23.6 Å². The van der Waals surface area contributed by atoms with Crippen molar-refractivity contribution in [3.05, 3.63) is 53.5 Å². The van der Waals surface area contributed by atoms with Gasteiger partial charge in [0.2, 0.25) is 0 Å². The van der Waals surface area contributed by atoms with Crippen molar-refractivity contribution in [1.82, 2.24) is 19.8 Å². The number of amides is 3. The van der Waals surface area contributed by atoms with E-state index < -0.39 is 17.9 Å². The van der Waals surface area contributed by atoms with E-state index in [-0.39, 0.29) is 18.7 Å². The van der Waals surface area contributed by atoms with Gasteiger partial charge in [0.1, 0.15) is 5.82 Å². The molecule has 3 heterocycles. The Kier molecular flexibility index (Phi) is 5.94. The van der Waals surface area contributed by atoms with E-state index in [2.05, 4.69) is 9.88 Å². The Morgan fingerprint density at radius 1 is 1.03 bits per heavy atom. The molecule has 2 aromatic rings. The number of hydrogen-bond acceptors (Lipinski definition) is 6. The molecule has 2 aliphatic heterocycles. The van der Waals surface area contributed by atoms with Gasteiger partial charge in [-0.3, -0.25) is 19.5 Å².